The largest absolute Gasteiger partial charge is 0.365 e. The van der Waals surface area contributed by atoms with Crippen LogP contribution in [-0.4, -0.2) is 57.4 Å². The van der Waals surface area contributed by atoms with Crippen molar-refractivity contribution in [3.63, 3.8) is 0 Å². The highest BCUT2D eigenvalue weighted by atomic mass is 16.2. The first-order chi connectivity index (χ1) is 14.1. The molecule has 0 aromatic carbocycles. The molecule has 2 fully saturated rings. The minimum absolute atomic E-state index is 0.168. The van der Waals surface area contributed by atoms with E-state index in [4.69, 9.17) is 5.73 Å². The van der Waals surface area contributed by atoms with Crippen molar-refractivity contribution in [2.24, 2.45) is 11.1 Å². The summed E-state index contributed by atoms with van der Waals surface area (Å²) in [4.78, 5) is 36.9. The molecule has 0 unspecified atom stereocenters. The van der Waals surface area contributed by atoms with Crippen LogP contribution in [0.1, 0.15) is 42.5 Å². The summed E-state index contributed by atoms with van der Waals surface area (Å²) in [5, 5.41) is 0. The number of piperidine rings is 2. The molecule has 8 heteroatoms. The molecule has 2 saturated heterocycles. The Morgan fingerprint density at radius 1 is 1.17 bits per heavy atom. The number of imidazole rings is 1. The lowest BCUT2D eigenvalue weighted by Gasteiger charge is -2.48. The lowest BCUT2D eigenvalue weighted by molar-refractivity contribution is -0.138. The molecule has 0 atom stereocenters. The average molecular weight is 396 g/mol. The fourth-order valence-electron chi connectivity index (χ4n) is 4.61. The van der Waals surface area contributed by atoms with Crippen LogP contribution in [0.15, 0.2) is 37.1 Å². The van der Waals surface area contributed by atoms with Gasteiger partial charge in [-0.1, -0.05) is 0 Å². The van der Waals surface area contributed by atoms with Gasteiger partial charge in [-0.2, -0.15) is 0 Å². The van der Waals surface area contributed by atoms with Crippen molar-refractivity contribution in [3.8, 4) is 0 Å². The Morgan fingerprint density at radius 3 is 2.72 bits per heavy atom. The topological polar surface area (TPSA) is 97.4 Å². The zero-order valence-corrected chi connectivity index (χ0v) is 16.7. The first kappa shape index (κ1) is 19.4. The zero-order chi connectivity index (χ0) is 20.3. The van der Waals surface area contributed by atoms with E-state index >= 15 is 0 Å². The van der Waals surface area contributed by atoms with Crippen LogP contribution in [0.2, 0.25) is 0 Å². The van der Waals surface area contributed by atoms with Gasteiger partial charge in [0.25, 0.3) is 5.91 Å². The molecule has 4 heterocycles. The number of carbonyl (C=O) groups excluding carboxylic acids is 2. The SMILES string of the molecule is NC(=O)c1cccnc1N1CCC2(CCC(=O)N(CCCn3ccnc3)C2)CC1. The number of hydrogen-bond acceptors (Lipinski definition) is 5. The van der Waals surface area contributed by atoms with Gasteiger partial charge in [0, 0.05) is 57.7 Å². The summed E-state index contributed by atoms with van der Waals surface area (Å²) >= 11 is 0. The molecule has 2 aliphatic heterocycles. The lowest BCUT2D eigenvalue weighted by atomic mass is 9.72. The number of aromatic nitrogens is 3. The minimum Gasteiger partial charge on any atom is -0.365 e. The van der Waals surface area contributed by atoms with Crippen molar-refractivity contribution in [1.82, 2.24) is 19.4 Å². The summed E-state index contributed by atoms with van der Waals surface area (Å²) in [6.07, 6.45) is 11.7. The molecule has 8 nitrogen and oxygen atoms in total. The van der Waals surface area contributed by atoms with Gasteiger partial charge in [0.15, 0.2) is 0 Å². The Hall–Kier alpha value is -2.90. The van der Waals surface area contributed by atoms with Gasteiger partial charge >= 0.3 is 0 Å². The van der Waals surface area contributed by atoms with E-state index in [1.54, 1.807) is 24.5 Å². The van der Waals surface area contributed by atoms with Crippen LogP contribution in [0.5, 0.6) is 0 Å². The molecule has 0 saturated carbocycles. The van der Waals surface area contributed by atoms with Crippen molar-refractivity contribution in [2.75, 3.05) is 31.1 Å². The lowest BCUT2D eigenvalue weighted by Crippen LogP contribution is -2.52. The number of amides is 2. The third-order valence-corrected chi connectivity index (χ3v) is 6.33. The van der Waals surface area contributed by atoms with E-state index in [-0.39, 0.29) is 11.3 Å². The van der Waals surface area contributed by atoms with E-state index < -0.39 is 5.91 Å². The molecule has 0 bridgehead atoms. The summed E-state index contributed by atoms with van der Waals surface area (Å²) in [5.74, 6) is 0.504. The standard InChI is InChI=1S/C21H28N6O2/c22-19(29)17-3-1-8-24-20(17)26-12-6-21(7-13-26)5-4-18(28)27(15-21)11-2-10-25-14-9-23-16-25/h1,3,8-9,14,16H,2,4-7,10-13,15H2,(H2,22,29). The number of likely N-dealkylation sites (tertiary alicyclic amines) is 1. The maximum atomic E-state index is 12.5. The summed E-state index contributed by atoms with van der Waals surface area (Å²) in [6.45, 7) is 4.14. The van der Waals surface area contributed by atoms with Gasteiger partial charge in [-0.05, 0) is 43.2 Å². The normalized spacial score (nSPS) is 19.0. The first-order valence-corrected chi connectivity index (χ1v) is 10.3. The van der Waals surface area contributed by atoms with Gasteiger partial charge in [-0.3, -0.25) is 9.59 Å². The fourth-order valence-corrected chi connectivity index (χ4v) is 4.61. The molecule has 2 aliphatic rings. The monoisotopic (exact) mass is 396 g/mol. The highest BCUT2D eigenvalue weighted by molar-refractivity contribution is 5.97. The predicted octanol–water partition coefficient (Wildman–Crippen LogP) is 1.68. The molecule has 4 rings (SSSR count). The van der Waals surface area contributed by atoms with Gasteiger partial charge in [-0.25, -0.2) is 9.97 Å². The van der Waals surface area contributed by atoms with Crippen LogP contribution in [0, 0.1) is 5.41 Å². The molecule has 2 aromatic heterocycles. The number of primary amides is 1. The third kappa shape index (κ3) is 4.26. The molecule has 2 amide bonds. The second-order valence-electron chi connectivity index (χ2n) is 8.20. The van der Waals surface area contributed by atoms with E-state index in [1.165, 1.54) is 0 Å². The highest BCUT2D eigenvalue weighted by Crippen LogP contribution is 2.41. The molecule has 2 aromatic rings. The van der Waals surface area contributed by atoms with Crippen LogP contribution in [0.4, 0.5) is 5.82 Å². The van der Waals surface area contributed by atoms with Gasteiger partial charge in [-0.15, -0.1) is 0 Å². The number of nitrogens with two attached hydrogens (primary N) is 1. The number of anilines is 1. The van der Waals surface area contributed by atoms with Crippen molar-refractivity contribution in [1.29, 1.82) is 0 Å². The third-order valence-electron chi connectivity index (χ3n) is 6.33. The van der Waals surface area contributed by atoms with Crippen molar-refractivity contribution in [2.45, 2.75) is 38.6 Å². The quantitative estimate of drug-likeness (QED) is 0.801. The van der Waals surface area contributed by atoms with E-state index in [0.29, 0.717) is 17.8 Å². The molecule has 1 spiro atoms. The average Bonchev–Trinajstić information content (AvgIpc) is 3.25. The maximum absolute atomic E-state index is 12.5. The first-order valence-electron chi connectivity index (χ1n) is 10.3. The molecule has 0 aliphatic carbocycles. The fraction of sp³-hybridized carbons (Fsp3) is 0.524. The second kappa shape index (κ2) is 8.23. The zero-order valence-electron chi connectivity index (χ0n) is 16.7. The number of pyridine rings is 1. The summed E-state index contributed by atoms with van der Waals surface area (Å²) in [6, 6.07) is 3.47. The van der Waals surface area contributed by atoms with Crippen LogP contribution in [-0.2, 0) is 11.3 Å². The number of nitrogens with zero attached hydrogens (tertiary/aromatic N) is 5. The Bertz CT molecular complexity index is 858. The van der Waals surface area contributed by atoms with Crippen molar-refractivity contribution >= 4 is 17.6 Å². The van der Waals surface area contributed by atoms with Crippen molar-refractivity contribution in [3.05, 3.63) is 42.6 Å². The molecule has 154 valence electrons. The Kier molecular flexibility index (Phi) is 5.51. The van der Waals surface area contributed by atoms with Crippen LogP contribution < -0.4 is 10.6 Å². The van der Waals surface area contributed by atoms with E-state index in [9.17, 15) is 9.59 Å². The minimum atomic E-state index is -0.444. The van der Waals surface area contributed by atoms with E-state index in [1.807, 2.05) is 22.0 Å². The Balaban J connectivity index is 1.36. The van der Waals surface area contributed by atoms with Crippen LogP contribution in [0.3, 0.4) is 0 Å². The second-order valence-corrected chi connectivity index (χ2v) is 8.20. The van der Waals surface area contributed by atoms with E-state index in [2.05, 4.69) is 14.9 Å². The smallest absolute Gasteiger partial charge is 0.252 e. The van der Waals surface area contributed by atoms with Crippen LogP contribution >= 0.6 is 0 Å². The summed E-state index contributed by atoms with van der Waals surface area (Å²) in [5.41, 5.74) is 6.16. The number of rotatable bonds is 6. The number of aryl methyl sites for hydroxylation is 1. The maximum Gasteiger partial charge on any atom is 0.252 e. The van der Waals surface area contributed by atoms with Crippen molar-refractivity contribution < 1.29 is 9.59 Å². The molecular weight excluding hydrogens is 368 g/mol. The Labute approximate surface area is 170 Å². The van der Waals surface area contributed by atoms with Gasteiger partial charge < -0.3 is 20.1 Å². The molecule has 29 heavy (non-hydrogen) atoms. The van der Waals surface area contributed by atoms with Crippen LogP contribution in [0.25, 0.3) is 0 Å². The van der Waals surface area contributed by atoms with E-state index in [0.717, 1.165) is 58.4 Å². The molecular formula is C21H28N6O2. The molecule has 0 radical (unpaired) electrons. The van der Waals surface area contributed by atoms with Gasteiger partial charge in [0.05, 0.1) is 11.9 Å². The Morgan fingerprint density at radius 2 is 2.00 bits per heavy atom. The highest BCUT2D eigenvalue weighted by Gasteiger charge is 2.41. The predicted molar refractivity (Wildman–Crippen MR) is 109 cm³/mol. The number of carbonyl (C=O) groups is 2. The van der Waals surface area contributed by atoms with Gasteiger partial charge in [0.2, 0.25) is 5.91 Å². The number of hydrogen-bond donors (Lipinski definition) is 1. The van der Waals surface area contributed by atoms with Gasteiger partial charge in [0.1, 0.15) is 5.82 Å². The summed E-state index contributed by atoms with van der Waals surface area (Å²) in [7, 11) is 0. The molecule has 2 N–H and O–H groups in total. The summed E-state index contributed by atoms with van der Waals surface area (Å²) < 4.78 is 2.05.